The summed E-state index contributed by atoms with van der Waals surface area (Å²) in [6, 6.07) is 8.57. The summed E-state index contributed by atoms with van der Waals surface area (Å²) in [5, 5.41) is 19.1. The second kappa shape index (κ2) is 30.2. The standard InChI is InChI=1S/C52H75N13O10S2/c1-3-31(2)43-49(74)62-36(26-33-17-9-5-10-18-33)46(71)60-35(25-32-15-7-4-8-16-32)45(70)61-37(27-40(53)66)47(72)63-38(30-76-77-52(28-42(68)64-43)21-11-6-12-22-52)50(75)65-24-14-20-39(65)48(73)59-34(19-13-23-57-51(55)56)44(69)58-29-41(54)67/h4-5,7-10,15-18,31,34-39,43H,3,6,11-14,19-30H2,1-2H3,(H2,53,66)(H2,54,67)(H,58,69)(H,59,73)(H,60,71)(H,61,70)(H,62,74)(H,63,72)(H,64,68)(H4,55,56,57)/t31-,34-,35-,36+,37-,38-,39+,43-/m0/s1. The fourth-order valence-electron chi connectivity index (χ4n) is 9.55. The lowest BCUT2D eigenvalue weighted by Gasteiger charge is -2.37. The van der Waals surface area contributed by atoms with Gasteiger partial charge < -0.3 is 65.1 Å². The molecule has 5 rings (SSSR count). The highest BCUT2D eigenvalue weighted by Gasteiger charge is 2.42. The minimum atomic E-state index is -1.67. The van der Waals surface area contributed by atoms with Gasteiger partial charge in [0.05, 0.1) is 13.0 Å². The molecule has 0 radical (unpaired) electrons. The second-order valence-corrected chi connectivity index (χ2v) is 22.7. The van der Waals surface area contributed by atoms with Crippen LogP contribution in [0.25, 0.3) is 0 Å². The summed E-state index contributed by atoms with van der Waals surface area (Å²) in [6.07, 6.45) is 4.30. The summed E-state index contributed by atoms with van der Waals surface area (Å²) in [4.78, 5) is 144. The maximum absolute atomic E-state index is 15.0. The number of nitrogens with two attached hydrogens (primary N) is 4. The Balaban J connectivity index is 1.53. The largest absolute Gasteiger partial charge is 0.370 e. The van der Waals surface area contributed by atoms with Gasteiger partial charge in [0.25, 0.3) is 0 Å². The number of hydrogen-bond acceptors (Lipinski definition) is 13. The molecule has 2 aliphatic heterocycles. The number of carbonyl (C=O) groups is 10. The van der Waals surface area contributed by atoms with Gasteiger partial charge >= 0.3 is 0 Å². The third-order valence-electron chi connectivity index (χ3n) is 13.9. The van der Waals surface area contributed by atoms with Gasteiger partial charge in [-0.3, -0.25) is 52.9 Å². The van der Waals surface area contributed by atoms with Crippen LogP contribution in [0.4, 0.5) is 0 Å². The molecule has 2 aromatic rings. The Hall–Kier alpha value is -6.89. The van der Waals surface area contributed by atoms with E-state index in [1.807, 2.05) is 13.8 Å². The molecule has 3 aliphatic rings. The lowest BCUT2D eigenvalue weighted by Crippen LogP contribution is -2.61. The fraction of sp³-hybridized carbons (Fsp3) is 0.558. The molecule has 420 valence electrons. The average Bonchev–Trinajstić information content (AvgIpc) is 3.90. The van der Waals surface area contributed by atoms with Gasteiger partial charge in [0.15, 0.2) is 5.96 Å². The first-order chi connectivity index (χ1) is 36.8. The van der Waals surface area contributed by atoms with Crippen molar-refractivity contribution >= 4 is 86.6 Å². The molecule has 1 saturated carbocycles. The Bertz CT molecular complexity index is 2430. The van der Waals surface area contributed by atoms with Gasteiger partial charge in [0.2, 0.25) is 59.1 Å². The normalized spacial score (nSPS) is 23.6. The van der Waals surface area contributed by atoms with E-state index >= 15 is 0 Å². The maximum atomic E-state index is 15.0. The molecular formula is C52H75N13O10S2. The molecule has 25 heteroatoms. The van der Waals surface area contributed by atoms with Gasteiger partial charge in [0.1, 0.15) is 42.3 Å². The van der Waals surface area contributed by atoms with Crippen molar-refractivity contribution in [1.29, 1.82) is 0 Å². The zero-order chi connectivity index (χ0) is 56.1. The lowest BCUT2D eigenvalue weighted by molar-refractivity contribution is -0.142. The highest BCUT2D eigenvalue weighted by atomic mass is 33.1. The van der Waals surface area contributed by atoms with Gasteiger partial charge in [-0.25, -0.2) is 0 Å². The maximum Gasteiger partial charge on any atom is 0.246 e. The van der Waals surface area contributed by atoms with E-state index in [-0.39, 0.29) is 69.2 Å². The van der Waals surface area contributed by atoms with Gasteiger partial charge in [0, 0.05) is 42.9 Å². The first-order valence-corrected chi connectivity index (χ1v) is 28.5. The van der Waals surface area contributed by atoms with Gasteiger partial charge in [-0.05, 0) is 55.6 Å². The number of amides is 10. The Kier molecular flexibility index (Phi) is 23.9. The molecule has 15 N–H and O–H groups in total. The topological polar surface area (TPSA) is 375 Å². The van der Waals surface area contributed by atoms with E-state index in [0.717, 1.165) is 19.3 Å². The van der Waals surface area contributed by atoms with E-state index in [9.17, 15) is 47.9 Å². The molecule has 23 nitrogen and oxygen atoms in total. The van der Waals surface area contributed by atoms with Crippen molar-refractivity contribution in [2.24, 2.45) is 33.8 Å². The number of benzene rings is 2. The van der Waals surface area contributed by atoms with E-state index in [2.05, 4.69) is 42.2 Å². The number of guanidine groups is 1. The third-order valence-corrected chi connectivity index (χ3v) is 17.2. The van der Waals surface area contributed by atoms with Crippen molar-refractivity contribution in [3.05, 3.63) is 71.8 Å². The lowest BCUT2D eigenvalue weighted by atomic mass is 9.85. The zero-order valence-electron chi connectivity index (χ0n) is 43.7. The number of aliphatic imine (C=N–C) groups is 1. The van der Waals surface area contributed by atoms with Crippen molar-refractivity contribution in [2.75, 3.05) is 25.4 Å². The summed E-state index contributed by atoms with van der Waals surface area (Å²) in [5.41, 5.74) is 23.2. The summed E-state index contributed by atoms with van der Waals surface area (Å²) in [6.45, 7) is 3.42. The Morgan fingerprint density at radius 2 is 1.34 bits per heavy atom. The number of hydrogen-bond donors (Lipinski definition) is 11. The average molecular weight is 1110 g/mol. The predicted octanol–water partition coefficient (Wildman–Crippen LogP) is -0.564. The fourth-order valence-corrected chi connectivity index (χ4v) is 12.9. The Labute approximate surface area is 456 Å². The van der Waals surface area contributed by atoms with Crippen LogP contribution in [0, 0.1) is 5.92 Å². The number of rotatable bonds is 18. The van der Waals surface area contributed by atoms with Crippen LogP contribution in [0.15, 0.2) is 65.7 Å². The smallest absolute Gasteiger partial charge is 0.246 e. The van der Waals surface area contributed by atoms with E-state index < -0.39 is 119 Å². The number of carbonyl (C=O) groups excluding carboxylic acids is 10. The molecular weight excluding hydrogens is 1030 g/mol. The van der Waals surface area contributed by atoms with Crippen LogP contribution in [0.2, 0.25) is 0 Å². The van der Waals surface area contributed by atoms with E-state index in [1.54, 1.807) is 60.7 Å². The van der Waals surface area contributed by atoms with Crippen molar-refractivity contribution in [3.8, 4) is 0 Å². The van der Waals surface area contributed by atoms with Crippen LogP contribution in [0.5, 0.6) is 0 Å². The van der Waals surface area contributed by atoms with Gasteiger partial charge in [-0.1, -0.05) is 122 Å². The molecule has 1 aliphatic carbocycles. The third kappa shape index (κ3) is 19.3. The van der Waals surface area contributed by atoms with Crippen molar-refractivity contribution in [3.63, 3.8) is 0 Å². The molecule has 2 saturated heterocycles. The molecule has 0 aromatic heterocycles. The highest BCUT2D eigenvalue weighted by molar-refractivity contribution is 8.77. The summed E-state index contributed by atoms with van der Waals surface area (Å²) in [5.74, 6) is -8.11. The van der Waals surface area contributed by atoms with Gasteiger partial charge in [-0.2, -0.15) is 0 Å². The minimum Gasteiger partial charge on any atom is -0.370 e. The van der Waals surface area contributed by atoms with Crippen LogP contribution < -0.4 is 60.2 Å². The van der Waals surface area contributed by atoms with Crippen molar-refractivity contribution < 1.29 is 47.9 Å². The second-order valence-electron chi connectivity index (χ2n) is 19.9. The monoisotopic (exact) mass is 1110 g/mol. The van der Waals surface area contributed by atoms with Gasteiger partial charge in [-0.15, -0.1) is 0 Å². The number of primary amides is 2. The molecule has 0 bridgehead atoms. The Morgan fingerprint density at radius 1 is 0.753 bits per heavy atom. The minimum absolute atomic E-state index is 0.00542. The van der Waals surface area contributed by atoms with Crippen LogP contribution in [0.3, 0.4) is 0 Å². The van der Waals surface area contributed by atoms with E-state index in [1.165, 1.54) is 26.5 Å². The van der Waals surface area contributed by atoms with Crippen molar-refractivity contribution in [2.45, 2.75) is 151 Å². The molecule has 77 heavy (non-hydrogen) atoms. The summed E-state index contributed by atoms with van der Waals surface area (Å²) < 4.78 is -0.671. The van der Waals surface area contributed by atoms with Crippen LogP contribution >= 0.6 is 21.6 Å². The molecule has 1 spiro atoms. The molecule has 0 unspecified atom stereocenters. The quantitative estimate of drug-likeness (QED) is 0.0386. The van der Waals surface area contributed by atoms with Crippen molar-refractivity contribution in [1.82, 2.24) is 42.1 Å². The number of nitrogens with zero attached hydrogens (tertiary/aromatic N) is 2. The number of likely N-dealkylation sites (tertiary alicyclic amines) is 1. The molecule has 10 amide bonds. The summed E-state index contributed by atoms with van der Waals surface area (Å²) in [7, 11) is 2.62. The Morgan fingerprint density at radius 3 is 1.91 bits per heavy atom. The summed E-state index contributed by atoms with van der Waals surface area (Å²) >= 11 is 0. The molecule has 3 fully saturated rings. The highest BCUT2D eigenvalue weighted by Crippen LogP contribution is 2.48. The van der Waals surface area contributed by atoms with Crippen LogP contribution in [-0.2, 0) is 60.8 Å². The van der Waals surface area contributed by atoms with Crippen LogP contribution in [0.1, 0.15) is 102 Å². The zero-order valence-corrected chi connectivity index (χ0v) is 45.4. The first kappa shape index (κ1) is 61.0. The van der Waals surface area contributed by atoms with Crippen LogP contribution in [-0.4, -0.2) is 142 Å². The molecule has 2 heterocycles. The SMILES string of the molecule is CC[C@H](C)[C@@H]1NC(=O)CC2(CCCCC2)SSC[C@@H](C(=O)N2CCC[C@@H]2C(=O)N[C@@H](CCCN=C(N)N)C(=O)NCC(N)=O)NC(=O)[C@H](CC(N)=O)NC(=O)[C@H](Cc2ccccc2)NC(=O)[C@@H](Cc2ccccc2)NC1=O. The molecule has 2 aromatic carbocycles. The van der Waals surface area contributed by atoms with E-state index in [4.69, 9.17) is 22.9 Å². The predicted molar refractivity (Wildman–Crippen MR) is 292 cm³/mol. The molecule has 8 atom stereocenters. The first-order valence-electron chi connectivity index (χ1n) is 26.2. The number of nitrogens with one attached hydrogen (secondary N) is 7. The van der Waals surface area contributed by atoms with E-state index in [0.29, 0.717) is 36.8 Å².